The van der Waals surface area contributed by atoms with Crippen molar-refractivity contribution in [3.63, 3.8) is 0 Å². The third kappa shape index (κ3) is 4.12. The molecule has 6 atom stereocenters. The first kappa shape index (κ1) is 26.6. The number of carbonyl (C=O) groups is 3. The monoisotopic (exact) mass is 499 g/mol. The van der Waals surface area contributed by atoms with E-state index in [1.807, 2.05) is 45.9 Å². The Kier molecular flexibility index (Phi) is 7.49. The van der Waals surface area contributed by atoms with Gasteiger partial charge in [-0.05, 0) is 69.9 Å². The molecule has 0 radical (unpaired) electrons. The Bertz CT molecular complexity index is 1010. The highest BCUT2D eigenvalue weighted by Crippen LogP contribution is 2.65. The van der Waals surface area contributed by atoms with Crippen molar-refractivity contribution in [2.24, 2.45) is 17.8 Å². The number of hydrogen-bond acceptors (Lipinski definition) is 5. The summed E-state index contributed by atoms with van der Waals surface area (Å²) in [5.41, 5.74) is 0.795. The van der Waals surface area contributed by atoms with Crippen LogP contribution >= 0.6 is 0 Å². The molecule has 8 heteroatoms. The van der Waals surface area contributed by atoms with Crippen LogP contribution < -0.4 is 10.6 Å². The van der Waals surface area contributed by atoms with Crippen LogP contribution in [0.2, 0.25) is 0 Å². The number of unbranched alkanes of at least 4 members (excludes halogenated alkanes) is 2. The number of anilines is 1. The van der Waals surface area contributed by atoms with Crippen molar-refractivity contribution in [3.8, 4) is 0 Å². The highest BCUT2D eigenvalue weighted by atomic mass is 16.5. The Labute approximate surface area is 214 Å². The number of amides is 3. The summed E-state index contributed by atoms with van der Waals surface area (Å²) in [6, 6.07) is 5.03. The number of nitrogens with one attached hydrogen (secondary N) is 2. The number of carbonyl (C=O) groups excluding carboxylic acids is 3. The predicted octanol–water partition coefficient (Wildman–Crippen LogP) is 2.94. The molecule has 3 fully saturated rings. The van der Waals surface area contributed by atoms with Gasteiger partial charge in [-0.1, -0.05) is 32.0 Å². The lowest BCUT2D eigenvalue weighted by Gasteiger charge is -2.36. The number of ether oxygens (including phenoxy) is 1. The summed E-state index contributed by atoms with van der Waals surface area (Å²) in [6.45, 7) is 10.9. The number of aliphatic hydroxyl groups excluding tert-OH is 1. The molecule has 3 heterocycles. The fourth-order valence-corrected chi connectivity index (χ4v) is 6.81. The van der Waals surface area contributed by atoms with Crippen LogP contribution in [0.1, 0.15) is 64.0 Å². The van der Waals surface area contributed by atoms with Gasteiger partial charge in [0.15, 0.2) is 0 Å². The van der Waals surface area contributed by atoms with Crippen LogP contribution in [-0.2, 0) is 19.1 Å². The maximum absolute atomic E-state index is 14.0. The molecule has 0 aliphatic carbocycles. The molecule has 3 saturated heterocycles. The lowest BCUT2D eigenvalue weighted by atomic mass is 9.62. The minimum atomic E-state index is -1.04. The number of aryl methyl sites for hydroxylation is 2. The van der Waals surface area contributed by atoms with Gasteiger partial charge in [-0.3, -0.25) is 14.4 Å². The normalized spacial score (nSPS) is 32.6. The topological polar surface area (TPSA) is 108 Å². The van der Waals surface area contributed by atoms with Crippen molar-refractivity contribution in [2.75, 3.05) is 25.0 Å². The van der Waals surface area contributed by atoms with Gasteiger partial charge in [0.2, 0.25) is 17.7 Å². The zero-order valence-corrected chi connectivity index (χ0v) is 22.2. The summed E-state index contributed by atoms with van der Waals surface area (Å²) >= 11 is 0. The van der Waals surface area contributed by atoms with E-state index in [2.05, 4.69) is 17.6 Å². The van der Waals surface area contributed by atoms with Crippen LogP contribution in [0.25, 0.3) is 0 Å². The molecule has 3 amide bonds. The van der Waals surface area contributed by atoms with Crippen molar-refractivity contribution >= 4 is 23.4 Å². The largest absolute Gasteiger partial charge is 0.396 e. The average Bonchev–Trinajstić information content (AvgIpc) is 3.34. The number of nitrogens with zero attached hydrogens (tertiary/aromatic N) is 1. The molecule has 4 rings (SSSR count). The third-order valence-electron chi connectivity index (χ3n) is 8.68. The van der Waals surface area contributed by atoms with Gasteiger partial charge in [0, 0.05) is 25.4 Å². The average molecular weight is 500 g/mol. The molecule has 1 spiro atoms. The van der Waals surface area contributed by atoms with Crippen LogP contribution in [0.3, 0.4) is 0 Å². The van der Waals surface area contributed by atoms with E-state index in [0.717, 1.165) is 29.7 Å². The van der Waals surface area contributed by atoms with E-state index in [1.165, 1.54) is 0 Å². The molecule has 3 N–H and O–H groups in total. The lowest BCUT2D eigenvalue weighted by Crippen LogP contribution is -2.54. The van der Waals surface area contributed by atoms with E-state index in [0.29, 0.717) is 32.4 Å². The Morgan fingerprint density at radius 3 is 2.50 bits per heavy atom. The molecule has 0 saturated carbocycles. The second-order valence-corrected chi connectivity index (χ2v) is 11.1. The zero-order valence-electron chi connectivity index (χ0n) is 22.2. The summed E-state index contributed by atoms with van der Waals surface area (Å²) in [7, 11) is 0. The molecule has 8 nitrogen and oxygen atoms in total. The number of aliphatic hydroxyl groups is 1. The van der Waals surface area contributed by atoms with E-state index < -0.39 is 29.1 Å². The van der Waals surface area contributed by atoms with Crippen LogP contribution in [0.5, 0.6) is 0 Å². The second-order valence-electron chi connectivity index (χ2n) is 11.1. The quantitative estimate of drug-likeness (QED) is 0.429. The first-order chi connectivity index (χ1) is 17.1. The fraction of sp³-hybridized carbons (Fsp3) is 0.679. The predicted molar refractivity (Wildman–Crippen MR) is 137 cm³/mol. The SMILES string of the molecule is CCCNC(=O)[C@H]1[C@H]2C(=O)N(CCCCCO)C(C(=O)Nc3c(C)cccc3C)C23CC(C)[C@]1(C)O3. The lowest BCUT2D eigenvalue weighted by molar-refractivity contribution is -0.146. The number of fused-ring (bicyclic) bond motifs is 1. The van der Waals surface area contributed by atoms with Crippen LogP contribution in [0.4, 0.5) is 5.69 Å². The van der Waals surface area contributed by atoms with Crippen LogP contribution in [-0.4, -0.2) is 64.7 Å². The molecule has 0 aromatic heterocycles. The van der Waals surface area contributed by atoms with Gasteiger partial charge in [-0.25, -0.2) is 0 Å². The molecule has 36 heavy (non-hydrogen) atoms. The zero-order chi connectivity index (χ0) is 26.3. The van der Waals surface area contributed by atoms with E-state index in [1.54, 1.807) is 4.90 Å². The first-order valence-electron chi connectivity index (χ1n) is 13.4. The summed E-state index contributed by atoms with van der Waals surface area (Å²) in [4.78, 5) is 43.1. The maximum Gasteiger partial charge on any atom is 0.250 e. The molecular formula is C28H41N3O5. The molecule has 3 aliphatic heterocycles. The first-order valence-corrected chi connectivity index (χ1v) is 13.4. The Hall–Kier alpha value is -2.45. The minimum Gasteiger partial charge on any atom is -0.396 e. The van der Waals surface area contributed by atoms with Crippen molar-refractivity contribution < 1.29 is 24.2 Å². The molecule has 2 bridgehead atoms. The van der Waals surface area contributed by atoms with E-state index in [-0.39, 0.29) is 30.2 Å². The Morgan fingerprint density at radius 2 is 1.86 bits per heavy atom. The third-order valence-corrected chi connectivity index (χ3v) is 8.68. The van der Waals surface area contributed by atoms with E-state index in [9.17, 15) is 19.5 Å². The van der Waals surface area contributed by atoms with E-state index >= 15 is 0 Å². The van der Waals surface area contributed by atoms with Crippen LogP contribution in [0, 0.1) is 31.6 Å². The Balaban J connectivity index is 1.73. The van der Waals surface area contributed by atoms with Crippen molar-refractivity contribution in [1.82, 2.24) is 10.2 Å². The standard InChI is InChI=1S/C28H41N3O5/c1-6-13-29-24(33)20-21-26(35)31(14-8-7-9-15-32)23(28(21)16-19(4)27(20,5)36-28)25(34)30-22-17(2)11-10-12-18(22)3/h10-12,19-21,23,32H,6-9,13-16H2,1-5H3,(H,29,33)(H,30,34)/t19?,20-,21+,23?,27+,28?/m1/s1. The van der Waals surface area contributed by atoms with Gasteiger partial charge in [-0.2, -0.15) is 0 Å². The van der Waals surface area contributed by atoms with Gasteiger partial charge in [0.05, 0.1) is 17.4 Å². The molecule has 1 aromatic carbocycles. The number of likely N-dealkylation sites (tertiary alicyclic amines) is 1. The summed E-state index contributed by atoms with van der Waals surface area (Å²) < 4.78 is 6.73. The molecule has 1 aromatic rings. The maximum atomic E-state index is 14.0. The van der Waals surface area contributed by atoms with Gasteiger partial charge in [0.25, 0.3) is 0 Å². The Morgan fingerprint density at radius 1 is 1.17 bits per heavy atom. The van der Waals surface area contributed by atoms with E-state index in [4.69, 9.17) is 4.74 Å². The minimum absolute atomic E-state index is 0.0174. The van der Waals surface area contributed by atoms with Crippen molar-refractivity contribution in [1.29, 1.82) is 0 Å². The van der Waals surface area contributed by atoms with Gasteiger partial charge in [0.1, 0.15) is 11.6 Å². The van der Waals surface area contributed by atoms with Crippen LogP contribution in [0.15, 0.2) is 18.2 Å². The second kappa shape index (κ2) is 10.1. The number of benzene rings is 1. The van der Waals surface area contributed by atoms with Crippen molar-refractivity contribution in [3.05, 3.63) is 29.3 Å². The summed E-state index contributed by atoms with van der Waals surface area (Å²) in [5, 5.41) is 15.3. The molecule has 198 valence electrons. The molecular weight excluding hydrogens is 458 g/mol. The van der Waals surface area contributed by atoms with Gasteiger partial charge < -0.3 is 25.4 Å². The van der Waals surface area contributed by atoms with Crippen molar-refractivity contribution in [2.45, 2.75) is 84.0 Å². The van der Waals surface area contributed by atoms with Gasteiger partial charge >= 0.3 is 0 Å². The molecule has 3 unspecified atom stereocenters. The summed E-state index contributed by atoms with van der Waals surface area (Å²) in [6.07, 6.45) is 3.41. The number of hydrogen-bond donors (Lipinski definition) is 3. The highest BCUT2D eigenvalue weighted by Gasteiger charge is 2.79. The van der Waals surface area contributed by atoms with Gasteiger partial charge in [-0.15, -0.1) is 0 Å². The smallest absolute Gasteiger partial charge is 0.250 e. The molecule has 3 aliphatic rings. The highest BCUT2D eigenvalue weighted by molar-refractivity contribution is 6.04. The fourth-order valence-electron chi connectivity index (χ4n) is 6.81. The summed E-state index contributed by atoms with van der Waals surface area (Å²) in [5.74, 6) is -1.92. The number of rotatable bonds is 10. The number of para-hydroxylation sites is 1.